The highest BCUT2D eigenvalue weighted by atomic mass is 32.1. The molecule has 0 N–H and O–H groups in total. The SMILES string of the molecule is [2H]c1c([2H])c([2H])c(-c2ccc3c(c2)N(c2ccc(C(C)(C)C)cc2)c2cc(C)cc4c2B3c2cccc3c5ccc6sc7ccccc7c6c5n-4c23)c([2H])c1[2H]. The molecule has 51 heavy (non-hydrogen) atoms. The first-order chi connectivity index (χ1) is 26.9. The van der Waals surface area contributed by atoms with E-state index in [-0.39, 0.29) is 41.9 Å². The van der Waals surface area contributed by atoms with Crippen LogP contribution < -0.4 is 21.3 Å². The van der Waals surface area contributed by atoms with Gasteiger partial charge in [0, 0.05) is 59.2 Å². The van der Waals surface area contributed by atoms with Gasteiger partial charge in [-0.15, -0.1) is 11.3 Å². The Morgan fingerprint density at radius 1 is 0.627 bits per heavy atom. The van der Waals surface area contributed by atoms with Gasteiger partial charge in [-0.2, -0.15) is 0 Å². The zero-order valence-electron chi connectivity index (χ0n) is 33.8. The van der Waals surface area contributed by atoms with Crippen LogP contribution in [0.15, 0.2) is 139 Å². The summed E-state index contributed by atoms with van der Waals surface area (Å²) in [6, 6.07) is 38.1. The second-order valence-corrected chi connectivity index (χ2v) is 16.2. The molecule has 2 aliphatic rings. The summed E-state index contributed by atoms with van der Waals surface area (Å²) >= 11 is 1.84. The van der Waals surface area contributed by atoms with E-state index in [0.717, 1.165) is 28.1 Å². The molecule has 2 aromatic heterocycles. The third kappa shape index (κ3) is 4.00. The lowest BCUT2D eigenvalue weighted by atomic mass is 9.33. The Bertz CT molecular complexity index is 3180. The molecule has 0 atom stereocenters. The summed E-state index contributed by atoms with van der Waals surface area (Å²) in [6.45, 7) is 8.73. The minimum atomic E-state index is -0.391. The predicted octanol–water partition coefficient (Wildman–Crippen LogP) is 11.0. The molecule has 0 saturated carbocycles. The normalized spacial score (nSPS) is 14.8. The molecular weight excluding hydrogens is 635 g/mol. The molecule has 11 rings (SSSR count). The summed E-state index contributed by atoms with van der Waals surface area (Å²) in [4.78, 5) is 2.33. The van der Waals surface area contributed by atoms with Gasteiger partial charge < -0.3 is 9.47 Å². The molecule has 4 heteroatoms. The molecule has 0 fully saturated rings. The van der Waals surface area contributed by atoms with Crippen molar-refractivity contribution < 1.29 is 6.85 Å². The van der Waals surface area contributed by atoms with Crippen LogP contribution >= 0.6 is 11.3 Å². The van der Waals surface area contributed by atoms with E-state index in [1.165, 1.54) is 64.2 Å². The monoisotopic (exact) mass is 675 g/mol. The number of nitrogens with zero attached hydrogens (tertiary/aromatic N) is 2. The van der Waals surface area contributed by atoms with Crippen molar-refractivity contribution in [1.82, 2.24) is 4.57 Å². The quantitative estimate of drug-likeness (QED) is 0.166. The van der Waals surface area contributed by atoms with Gasteiger partial charge in [-0.25, -0.2) is 0 Å². The molecule has 4 heterocycles. The van der Waals surface area contributed by atoms with Crippen LogP contribution in [0.4, 0.5) is 17.1 Å². The average Bonchev–Trinajstić information content (AvgIpc) is 3.74. The first-order valence-corrected chi connectivity index (χ1v) is 18.4. The Morgan fingerprint density at radius 2 is 1.39 bits per heavy atom. The summed E-state index contributed by atoms with van der Waals surface area (Å²) in [5.41, 5.74) is 13.3. The molecule has 242 valence electrons. The van der Waals surface area contributed by atoms with Gasteiger partial charge in [0.05, 0.1) is 12.4 Å². The van der Waals surface area contributed by atoms with Gasteiger partial charge in [-0.1, -0.05) is 118 Å². The largest absolute Gasteiger partial charge is 0.311 e. The molecule has 2 aliphatic heterocycles. The van der Waals surface area contributed by atoms with E-state index in [1.54, 1.807) is 0 Å². The fourth-order valence-electron chi connectivity index (χ4n) is 8.82. The number of para-hydroxylation sites is 1. The van der Waals surface area contributed by atoms with Crippen molar-refractivity contribution in [2.24, 2.45) is 0 Å². The number of fused-ring (bicyclic) bond motifs is 11. The molecule has 0 amide bonds. The first kappa shape index (κ1) is 24.6. The van der Waals surface area contributed by atoms with Crippen LogP contribution in [-0.2, 0) is 5.41 Å². The summed E-state index contributed by atoms with van der Waals surface area (Å²) < 4.78 is 48.1. The Labute approximate surface area is 309 Å². The van der Waals surface area contributed by atoms with Crippen molar-refractivity contribution in [2.75, 3.05) is 4.90 Å². The smallest absolute Gasteiger partial charge is 0.252 e. The molecule has 7 aromatic carbocycles. The van der Waals surface area contributed by atoms with Crippen LogP contribution in [0, 0.1) is 6.92 Å². The molecule has 9 aromatic rings. The number of anilines is 3. The average molecular weight is 676 g/mol. The Balaban J connectivity index is 1.27. The molecule has 0 radical (unpaired) electrons. The van der Waals surface area contributed by atoms with Gasteiger partial charge in [0.25, 0.3) is 6.71 Å². The van der Waals surface area contributed by atoms with Gasteiger partial charge in [-0.05, 0) is 93.4 Å². The number of aromatic nitrogens is 1. The highest BCUT2D eigenvalue weighted by Gasteiger charge is 2.42. The standard InChI is InChI=1S/C47H35BN2S/c1-28-25-39-44-40(26-28)50-45-33(34-22-24-42-43(46(34)50)35-13-8-9-16-41(35)51-42)14-10-15-37(45)48(44)36-23-17-30(29-11-6-5-7-12-29)27-38(36)49(39)32-20-18-31(19-21-32)47(2,3)4/h5-27H,1-4H3/i5D,6D,7D,11D,12D. The second kappa shape index (κ2) is 10.2. The zero-order chi connectivity index (χ0) is 38.5. The highest BCUT2D eigenvalue weighted by molar-refractivity contribution is 7.26. The van der Waals surface area contributed by atoms with Crippen molar-refractivity contribution in [3.63, 3.8) is 0 Å². The first-order valence-electron chi connectivity index (χ1n) is 20.1. The maximum absolute atomic E-state index is 8.89. The molecular formula is C47H35BN2S. The molecule has 0 unspecified atom stereocenters. The van der Waals surface area contributed by atoms with Gasteiger partial charge >= 0.3 is 0 Å². The predicted molar refractivity (Wildman–Crippen MR) is 222 cm³/mol. The van der Waals surface area contributed by atoms with Crippen molar-refractivity contribution >= 4 is 93.5 Å². The van der Waals surface area contributed by atoms with Crippen LogP contribution in [0.2, 0.25) is 0 Å². The summed E-state index contributed by atoms with van der Waals surface area (Å²) in [5, 5.41) is 5.01. The Morgan fingerprint density at radius 3 is 2.22 bits per heavy atom. The maximum atomic E-state index is 8.89. The van der Waals surface area contributed by atoms with Crippen LogP contribution in [0.25, 0.3) is 58.8 Å². The zero-order valence-corrected chi connectivity index (χ0v) is 29.6. The second-order valence-electron chi connectivity index (χ2n) is 15.1. The van der Waals surface area contributed by atoms with Gasteiger partial charge in [-0.3, -0.25) is 0 Å². The fourth-order valence-corrected chi connectivity index (χ4v) is 9.92. The van der Waals surface area contributed by atoms with Crippen molar-refractivity contribution in [3.8, 4) is 16.8 Å². The minimum Gasteiger partial charge on any atom is -0.311 e. The van der Waals surface area contributed by atoms with Crippen LogP contribution in [0.1, 0.15) is 38.8 Å². The van der Waals surface area contributed by atoms with E-state index in [9.17, 15) is 0 Å². The van der Waals surface area contributed by atoms with Crippen LogP contribution in [0.3, 0.4) is 0 Å². The van der Waals surface area contributed by atoms with E-state index in [0.29, 0.717) is 5.56 Å². The van der Waals surface area contributed by atoms with E-state index in [4.69, 9.17) is 6.85 Å². The number of hydrogen-bond donors (Lipinski definition) is 0. The van der Waals surface area contributed by atoms with E-state index < -0.39 is 6.04 Å². The Hall–Kier alpha value is -5.58. The summed E-state index contributed by atoms with van der Waals surface area (Å²) in [5.74, 6) is 0. The maximum Gasteiger partial charge on any atom is 0.252 e. The lowest BCUT2D eigenvalue weighted by molar-refractivity contribution is 0.590. The van der Waals surface area contributed by atoms with Gasteiger partial charge in [0.15, 0.2) is 0 Å². The fraction of sp³-hybridized carbons (Fsp3) is 0.106. The van der Waals surface area contributed by atoms with Gasteiger partial charge in [0.1, 0.15) is 0 Å². The van der Waals surface area contributed by atoms with E-state index >= 15 is 0 Å². The van der Waals surface area contributed by atoms with Gasteiger partial charge in [0.2, 0.25) is 0 Å². The summed E-state index contributed by atoms with van der Waals surface area (Å²) in [6.07, 6.45) is 0. The minimum absolute atomic E-state index is 0.0260. The molecule has 0 bridgehead atoms. The Kier molecular flexibility index (Phi) is 4.93. The third-order valence-electron chi connectivity index (χ3n) is 11.0. The number of aryl methyl sites for hydroxylation is 1. The lowest BCUT2D eigenvalue weighted by Gasteiger charge is -2.41. The lowest BCUT2D eigenvalue weighted by Crippen LogP contribution is -2.60. The number of benzene rings is 7. The van der Waals surface area contributed by atoms with Crippen molar-refractivity contribution in [1.29, 1.82) is 0 Å². The molecule has 0 aliphatic carbocycles. The number of rotatable bonds is 2. The third-order valence-corrected chi connectivity index (χ3v) is 12.2. The number of hydrogen-bond acceptors (Lipinski definition) is 2. The molecule has 2 nitrogen and oxygen atoms in total. The summed E-state index contributed by atoms with van der Waals surface area (Å²) in [7, 11) is 0. The van der Waals surface area contributed by atoms with Crippen LogP contribution in [-0.4, -0.2) is 11.3 Å². The highest BCUT2D eigenvalue weighted by Crippen LogP contribution is 2.46. The van der Waals surface area contributed by atoms with E-state index in [1.807, 2.05) is 23.5 Å². The topological polar surface area (TPSA) is 8.17 Å². The molecule has 0 spiro atoms. The van der Waals surface area contributed by atoms with Crippen LogP contribution in [0.5, 0.6) is 0 Å². The van der Waals surface area contributed by atoms with Crippen molar-refractivity contribution in [3.05, 3.63) is 151 Å². The van der Waals surface area contributed by atoms with Crippen molar-refractivity contribution in [2.45, 2.75) is 33.1 Å². The van der Waals surface area contributed by atoms with E-state index in [2.05, 4.69) is 134 Å². The number of thiophene rings is 1. The molecule has 0 saturated heterocycles.